The van der Waals surface area contributed by atoms with Crippen LogP contribution in [0, 0.1) is 18.7 Å². The maximum Gasteiger partial charge on any atom is 0.267 e. The lowest BCUT2D eigenvalue weighted by atomic mass is 10.2. The molecule has 0 radical (unpaired) electrons. The summed E-state index contributed by atoms with van der Waals surface area (Å²) in [5.41, 5.74) is 2.24. The Labute approximate surface area is 200 Å². The average molecular weight is 483 g/mol. The summed E-state index contributed by atoms with van der Waals surface area (Å²) in [4.78, 5) is 33.0. The number of halogens is 1. The summed E-state index contributed by atoms with van der Waals surface area (Å²) in [5, 5.41) is 3.26. The number of anilines is 1. The molecule has 0 atom stereocenters. The van der Waals surface area contributed by atoms with Gasteiger partial charge in [-0.1, -0.05) is 56.0 Å². The summed E-state index contributed by atoms with van der Waals surface area (Å²) in [6, 6.07) is 9.62. The Hall–Kier alpha value is -3.04. The van der Waals surface area contributed by atoms with E-state index in [0.717, 1.165) is 22.9 Å². The number of aryl methyl sites for hydroxylation is 1. The van der Waals surface area contributed by atoms with Crippen LogP contribution in [0.25, 0.3) is 11.7 Å². The van der Waals surface area contributed by atoms with Gasteiger partial charge < -0.3 is 5.32 Å². The minimum absolute atomic E-state index is 0.231. The molecule has 1 amide bonds. The van der Waals surface area contributed by atoms with Crippen LogP contribution >= 0.6 is 24.0 Å². The van der Waals surface area contributed by atoms with Crippen LogP contribution < -0.4 is 10.9 Å². The van der Waals surface area contributed by atoms with E-state index < -0.39 is 0 Å². The summed E-state index contributed by atoms with van der Waals surface area (Å²) >= 11 is 6.56. The second kappa shape index (κ2) is 9.44. The van der Waals surface area contributed by atoms with E-state index in [-0.39, 0.29) is 23.8 Å². The van der Waals surface area contributed by atoms with Gasteiger partial charge in [-0.25, -0.2) is 9.37 Å². The van der Waals surface area contributed by atoms with Gasteiger partial charge in [-0.05, 0) is 48.2 Å². The summed E-state index contributed by atoms with van der Waals surface area (Å²) in [7, 11) is 0. The average Bonchev–Trinajstić information content (AvgIpc) is 3.04. The largest absolute Gasteiger partial charge is 0.369 e. The third kappa shape index (κ3) is 4.84. The number of nitrogens with zero attached hydrogens (tertiary/aromatic N) is 3. The van der Waals surface area contributed by atoms with Crippen molar-refractivity contribution in [2.45, 2.75) is 27.3 Å². The summed E-state index contributed by atoms with van der Waals surface area (Å²) in [6.45, 7) is 6.88. The number of amides is 1. The van der Waals surface area contributed by atoms with Crippen LogP contribution in [0.3, 0.4) is 0 Å². The summed E-state index contributed by atoms with van der Waals surface area (Å²) in [6.07, 6.45) is 3.23. The Kier molecular flexibility index (Phi) is 6.62. The molecule has 3 aromatic rings. The lowest BCUT2D eigenvalue weighted by Crippen LogP contribution is -2.27. The smallest absolute Gasteiger partial charge is 0.267 e. The Bertz CT molecular complexity index is 1330. The van der Waals surface area contributed by atoms with Gasteiger partial charge in [0.1, 0.15) is 21.6 Å². The van der Waals surface area contributed by atoms with Crippen molar-refractivity contribution in [3.63, 3.8) is 0 Å². The quantitative estimate of drug-likeness (QED) is 0.409. The molecule has 9 heteroatoms. The van der Waals surface area contributed by atoms with Crippen LogP contribution in [0.5, 0.6) is 0 Å². The zero-order valence-electron chi connectivity index (χ0n) is 18.5. The monoisotopic (exact) mass is 482 g/mol. The van der Waals surface area contributed by atoms with Gasteiger partial charge in [0.15, 0.2) is 0 Å². The first kappa shape index (κ1) is 23.1. The predicted octanol–water partition coefficient (Wildman–Crippen LogP) is 4.61. The fourth-order valence-electron chi connectivity index (χ4n) is 3.42. The second-order valence-corrected chi connectivity index (χ2v) is 9.91. The van der Waals surface area contributed by atoms with Gasteiger partial charge in [-0.2, -0.15) is 0 Å². The van der Waals surface area contributed by atoms with Crippen molar-refractivity contribution < 1.29 is 9.18 Å². The SMILES string of the molecule is Cc1cccn2c(=O)c(/C=C3/SC(=S)N(Cc4ccc(F)cc4)C3=O)c(NCC(C)C)nc12. The van der Waals surface area contributed by atoms with Crippen molar-refractivity contribution in [2.24, 2.45) is 5.92 Å². The number of carbonyl (C=O) groups excluding carboxylic acids is 1. The summed E-state index contributed by atoms with van der Waals surface area (Å²) < 4.78 is 15.1. The van der Waals surface area contributed by atoms with Crippen LogP contribution in [-0.2, 0) is 11.3 Å². The lowest BCUT2D eigenvalue weighted by Gasteiger charge is -2.14. The Morgan fingerprint density at radius 2 is 1.94 bits per heavy atom. The fourth-order valence-corrected chi connectivity index (χ4v) is 4.65. The Morgan fingerprint density at radius 3 is 2.64 bits per heavy atom. The third-order valence-corrected chi connectivity index (χ3v) is 6.54. The maximum absolute atomic E-state index is 13.4. The molecule has 170 valence electrons. The van der Waals surface area contributed by atoms with E-state index in [0.29, 0.717) is 38.7 Å². The molecule has 1 aliphatic heterocycles. The highest BCUT2D eigenvalue weighted by molar-refractivity contribution is 8.26. The number of rotatable bonds is 6. The molecule has 3 heterocycles. The topological polar surface area (TPSA) is 66.7 Å². The van der Waals surface area contributed by atoms with Gasteiger partial charge >= 0.3 is 0 Å². The molecule has 0 spiro atoms. The molecule has 1 N–H and O–H groups in total. The number of pyridine rings is 1. The number of benzene rings is 1. The number of nitrogens with one attached hydrogen (secondary N) is 1. The molecule has 1 saturated heterocycles. The number of thioether (sulfide) groups is 1. The number of fused-ring (bicyclic) bond motifs is 1. The number of carbonyl (C=O) groups is 1. The molecule has 1 fully saturated rings. The first-order valence-corrected chi connectivity index (χ1v) is 11.7. The van der Waals surface area contributed by atoms with E-state index in [4.69, 9.17) is 17.2 Å². The van der Waals surface area contributed by atoms with Crippen LogP contribution in [-0.4, -0.2) is 31.1 Å². The second-order valence-electron chi connectivity index (χ2n) is 8.23. The molecular formula is C24H23FN4O2S2. The molecule has 0 unspecified atom stereocenters. The maximum atomic E-state index is 13.4. The van der Waals surface area contributed by atoms with Gasteiger partial charge in [0, 0.05) is 12.7 Å². The van der Waals surface area contributed by atoms with Crippen LogP contribution in [0.1, 0.15) is 30.5 Å². The lowest BCUT2D eigenvalue weighted by molar-refractivity contribution is -0.122. The highest BCUT2D eigenvalue weighted by atomic mass is 32.2. The number of hydrogen-bond acceptors (Lipinski definition) is 6. The zero-order chi connectivity index (χ0) is 23.7. The normalized spacial score (nSPS) is 15.3. The van der Waals surface area contributed by atoms with E-state index in [1.165, 1.54) is 21.4 Å². The predicted molar refractivity (Wildman–Crippen MR) is 135 cm³/mol. The Morgan fingerprint density at radius 1 is 1.21 bits per heavy atom. The summed E-state index contributed by atoms with van der Waals surface area (Å²) in [5.74, 6) is 0.138. The minimum Gasteiger partial charge on any atom is -0.369 e. The highest BCUT2D eigenvalue weighted by Crippen LogP contribution is 2.34. The molecule has 0 bridgehead atoms. The molecule has 2 aromatic heterocycles. The molecule has 0 aliphatic carbocycles. The van der Waals surface area contributed by atoms with E-state index in [2.05, 4.69) is 19.2 Å². The Balaban J connectivity index is 1.74. The van der Waals surface area contributed by atoms with Gasteiger partial charge in [0.2, 0.25) is 0 Å². The molecule has 1 aliphatic rings. The van der Waals surface area contributed by atoms with E-state index in [1.807, 2.05) is 13.0 Å². The fraction of sp³-hybridized carbons (Fsp3) is 0.250. The highest BCUT2D eigenvalue weighted by Gasteiger charge is 2.32. The molecule has 33 heavy (non-hydrogen) atoms. The number of aromatic nitrogens is 2. The van der Waals surface area contributed by atoms with Crippen LogP contribution in [0.4, 0.5) is 10.2 Å². The van der Waals surface area contributed by atoms with E-state index >= 15 is 0 Å². The first-order chi connectivity index (χ1) is 15.7. The van der Waals surface area contributed by atoms with Crippen molar-refractivity contribution in [2.75, 3.05) is 11.9 Å². The van der Waals surface area contributed by atoms with Crippen LogP contribution in [0.2, 0.25) is 0 Å². The van der Waals surface area contributed by atoms with Crippen molar-refractivity contribution >= 4 is 51.7 Å². The molecular weight excluding hydrogens is 459 g/mol. The minimum atomic E-state index is -0.343. The van der Waals surface area contributed by atoms with E-state index in [1.54, 1.807) is 30.5 Å². The standard InChI is InChI=1S/C24H23FN4O2S2/c1-14(2)12-26-20-18(22(30)28-10-4-5-15(3)21(28)27-20)11-19-23(31)29(24(32)33-19)13-16-6-8-17(25)9-7-16/h4-11,14,26H,12-13H2,1-3H3/b19-11+. The first-order valence-electron chi connectivity index (χ1n) is 10.5. The van der Waals surface area contributed by atoms with Crippen molar-refractivity contribution in [1.29, 1.82) is 0 Å². The zero-order valence-corrected chi connectivity index (χ0v) is 20.1. The van der Waals surface area contributed by atoms with Crippen LogP contribution in [0.15, 0.2) is 52.3 Å². The van der Waals surface area contributed by atoms with Gasteiger partial charge in [0.05, 0.1) is 17.0 Å². The third-order valence-electron chi connectivity index (χ3n) is 5.17. The van der Waals surface area contributed by atoms with Crippen molar-refractivity contribution in [1.82, 2.24) is 14.3 Å². The molecule has 0 saturated carbocycles. The van der Waals surface area contributed by atoms with Crippen molar-refractivity contribution in [3.8, 4) is 0 Å². The molecule has 4 rings (SSSR count). The number of thiocarbonyl (C=S) groups is 1. The van der Waals surface area contributed by atoms with Gasteiger partial charge in [0.25, 0.3) is 11.5 Å². The number of hydrogen-bond donors (Lipinski definition) is 1. The molecule has 6 nitrogen and oxygen atoms in total. The van der Waals surface area contributed by atoms with Gasteiger partial charge in [-0.15, -0.1) is 0 Å². The van der Waals surface area contributed by atoms with E-state index in [9.17, 15) is 14.0 Å². The molecule has 1 aromatic carbocycles. The van der Waals surface area contributed by atoms with Gasteiger partial charge in [-0.3, -0.25) is 18.9 Å². The van der Waals surface area contributed by atoms with Crippen molar-refractivity contribution in [3.05, 3.63) is 80.4 Å².